The Labute approximate surface area is 113 Å². The van der Waals surface area contributed by atoms with E-state index in [4.69, 9.17) is 5.73 Å². The van der Waals surface area contributed by atoms with E-state index < -0.39 is 0 Å². The first-order valence-electron chi connectivity index (χ1n) is 7.84. The summed E-state index contributed by atoms with van der Waals surface area (Å²) in [6.07, 6.45) is 5.31. The van der Waals surface area contributed by atoms with Gasteiger partial charge in [-0.15, -0.1) is 0 Å². The van der Waals surface area contributed by atoms with Crippen molar-refractivity contribution in [3.63, 3.8) is 0 Å². The molecule has 1 saturated heterocycles. The molecule has 18 heavy (non-hydrogen) atoms. The summed E-state index contributed by atoms with van der Waals surface area (Å²) in [5, 5.41) is 0. The molecule has 106 valence electrons. The maximum absolute atomic E-state index is 6.60. The van der Waals surface area contributed by atoms with Crippen LogP contribution in [0, 0.1) is 17.3 Å². The van der Waals surface area contributed by atoms with Crippen LogP contribution in [0.5, 0.6) is 0 Å². The van der Waals surface area contributed by atoms with Crippen LogP contribution in [-0.2, 0) is 0 Å². The van der Waals surface area contributed by atoms with Gasteiger partial charge in [0.25, 0.3) is 0 Å². The van der Waals surface area contributed by atoms with Gasteiger partial charge in [-0.1, -0.05) is 34.1 Å². The van der Waals surface area contributed by atoms with Gasteiger partial charge in [-0.2, -0.15) is 0 Å². The average Bonchev–Trinajstić information content (AvgIpc) is 2.27. The number of hydrogen-bond acceptors (Lipinski definition) is 2. The van der Waals surface area contributed by atoms with Gasteiger partial charge in [0.05, 0.1) is 0 Å². The second kappa shape index (κ2) is 5.13. The lowest BCUT2D eigenvalue weighted by Gasteiger charge is -2.52. The predicted molar refractivity (Wildman–Crippen MR) is 78.5 cm³/mol. The molecule has 2 rings (SSSR count). The summed E-state index contributed by atoms with van der Waals surface area (Å²) in [5.74, 6) is 1.64. The van der Waals surface area contributed by atoms with Crippen LogP contribution in [0.1, 0.15) is 60.3 Å². The minimum Gasteiger partial charge on any atom is -0.326 e. The summed E-state index contributed by atoms with van der Waals surface area (Å²) in [5.41, 5.74) is 6.91. The number of nitrogens with two attached hydrogens (primary N) is 1. The Morgan fingerprint density at radius 2 is 1.83 bits per heavy atom. The van der Waals surface area contributed by atoms with E-state index in [2.05, 4.69) is 39.5 Å². The minimum absolute atomic E-state index is 0.312. The van der Waals surface area contributed by atoms with Crippen LogP contribution in [0.3, 0.4) is 0 Å². The average molecular weight is 252 g/mol. The van der Waals surface area contributed by atoms with Gasteiger partial charge in [0.1, 0.15) is 0 Å². The molecule has 0 amide bonds. The zero-order valence-electron chi connectivity index (χ0n) is 12.9. The molecule has 2 heteroatoms. The molecule has 0 aromatic heterocycles. The number of hydrogen-bond donors (Lipinski definition) is 1. The number of piperidine rings is 1. The lowest BCUT2D eigenvalue weighted by Crippen LogP contribution is -2.61. The first-order chi connectivity index (χ1) is 8.33. The second-order valence-corrected chi connectivity index (χ2v) is 7.73. The van der Waals surface area contributed by atoms with Crippen LogP contribution < -0.4 is 5.73 Å². The highest BCUT2D eigenvalue weighted by molar-refractivity contribution is 4.99. The lowest BCUT2D eigenvalue weighted by molar-refractivity contribution is -0.00978. The summed E-state index contributed by atoms with van der Waals surface area (Å²) >= 11 is 0. The van der Waals surface area contributed by atoms with Crippen molar-refractivity contribution in [3.8, 4) is 0 Å². The predicted octanol–water partition coefficient (Wildman–Crippen LogP) is 3.26. The van der Waals surface area contributed by atoms with Gasteiger partial charge >= 0.3 is 0 Å². The minimum atomic E-state index is 0.312. The molecule has 2 fully saturated rings. The quantitative estimate of drug-likeness (QED) is 0.776. The maximum atomic E-state index is 6.60. The molecule has 0 radical (unpaired) electrons. The molecule has 0 bridgehead atoms. The van der Waals surface area contributed by atoms with Gasteiger partial charge < -0.3 is 5.73 Å². The molecule has 0 spiro atoms. The highest BCUT2D eigenvalue weighted by Gasteiger charge is 2.42. The summed E-state index contributed by atoms with van der Waals surface area (Å²) in [6, 6.07) is 1.64. The fourth-order valence-electron chi connectivity index (χ4n) is 4.20. The molecule has 0 aromatic rings. The zero-order chi connectivity index (χ0) is 13.5. The molecule has 1 aliphatic carbocycles. The van der Waals surface area contributed by atoms with Crippen molar-refractivity contribution in [1.29, 1.82) is 0 Å². The first-order valence-corrected chi connectivity index (χ1v) is 7.84. The number of nitrogens with zero attached hydrogens (tertiary/aromatic N) is 1. The third kappa shape index (κ3) is 2.60. The van der Waals surface area contributed by atoms with E-state index in [0.29, 0.717) is 23.5 Å². The van der Waals surface area contributed by atoms with E-state index in [-0.39, 0.29) is 0 Å². The largest absolute Gasteiger partial charge is 0.326 e. The highest BCUT2D eigenvalue weighted by atomic mass is 15.2. The highest BCUT2D eigenvalue weighted by Crippen LogP contribution is 2.39. The van der Waals surface area contributed by atoms with Crippen molar-refractivity contribution in [2.45, 2.75) is 78.4 Å². The second-order valence-electron chi connectivity index (χ2n) is 7.73. The molecule has 2 N–H and O–H groups in total. The molecule has 1 saturated carbocycles. The third-order valence-corrected chi connectivity index (χ3v) is 5.71. The Morgan fingerprint density at radius 3 is 2.50 bits per heavy atom. The fraction of sp³-hybridized carbons (Fsp3) is 1.00. The Kier molecular flexibility index (Phi) is 4.08. The Hall–Kier alpha value is -0.0800. The van der Waals surface area contributed by atoms with Crippen molar-refractivity contribution in [2.75, 3.05) is 6.54 Å². The topological polar surface area (TPSA) is 29.3 Å². The number of likely N-dealkylation sites (tertiary alicyclic amines) is 1. The van der Waals surface area contributed by atoms with Crippen LogP contribution in [0.4, 0.5) is 0 Å². The normalized spacial score (nSPS) is 46.0. The fourth-order valence-corrected chi connectivity index (χ4v) is 4.20. The van der Waals surface area contributed by atoms with Crippen LogP contribution in [-0.4, -0.2) is 29.6 Å². The van der Waals surface area contributed by atoms with Crippen LogP contribution in [0.25, 0.3) is 0 Å². The summed E-state index contributed by atoms with van der Waals surface area (Å²) < 4.78 is 0. The smallest absolute Gasteiger partial charge is 0.0255 e. The zero-order valence-corrected chi connectivity index (χ0v) is 12.9. The van der Waals surface area contributed by atoms with Crippen LogP contribution in [0.15, 0.2) is 0 Å². The van der Waals surface area contributed by atoms with Gasteiger partial charge in [-0.3, -0.25) is 4.90 Å². The van der Waals surface area contributed by atoms with E-state index in [1.165, 1.54) is 32.2 Å². The molecule has 2 aliphatic rings. The van der Waals surface area contributed by atoms with Gasteiger partial charge in [-0.25, -0.2) is 0 Å². The van der Waals surface area contributed by atoms with E-state index in [0.717, 1.165) is 11.8 Å². The lowest BCUT2D eigenvalue weighted by atomic mass is 9.69. The Bertz CT molecular complexity index is 287. The van der Waals surface area contributed by atoms with Crippen molar-refractivity contribution in [2.24, 2.45) is 23.0 Å². The molecule has 0 aromatic carbocycles. The molecule has 5 unspecified atom stereocenters. The van der Waals surface area contributed by atoms with E-state index >= 15 is 0 Å². The monoisotopic (exact) mass is 252 g/mol. The summed E-state index contributed by atoms with van der Waals surface area (Å²) in [4.78, 5) is 2.74. The number of rotatable bonds is 1. The molecule has 2 nitrogen and oxygen atoms in total. The van der Waals surface area contributed by atoms with Crippen LogP contribution in [0.2, 0.25) is 0 Å². The maximum Gasteiger partial charge on any atom is 0.0255 e. The van der Waals surface area contributed by atoms with Crippen molar-refractivity contribution in [3.05, 3.63) is 0 Å². The van der Waals surface area contributed by atoms with E-state index in [9.17, 15) is 0 Å². The standard InChI is InChI=1S/C16H32N2/c1-11-9-12(2)13(3)18(10-11)14-7-6-8-16(4,5)15(14)17/h11-15H,6-10,17H2,1-5H3. The molecular weight excluding hydrogens is 220 g/mol. The van der Waals surface area contributed by atoms with E-state index in [1.54, 1.807) is 0 Å². The van der Waals surface area contributed by atoms with Gasteiger partial charge in [-0.05, 0) is 43.4 Å². The van der Waals surface area contributed by atoms with Crippen molar-refractivity contribution >= 4 is 0 Å². The molecule has 1 aliphatic heterocycles. The SMILES string of the molecule is CC1CC(C)C(C)N(C2CCCC(C)(C)C2N)C1. The van der Waals surface area contributed by atoms with Crippen molar-refractivity contribution in [1.82, 2.24) is 4.90 Å². The summed E-state index contributed by atoms with van der Waals surface area (Å²) in [7, 11) is 0. The van der Waals surface area contributed by atoms with Gasteiger partial charge in [0.2, 0.25) is 0 Å². The van der Waals surface area contributed by atoms with Gasteiger partial charge in [0, 0.05) is 24.7 Å². The van der Waals surface area contributed by atoms with E-state index in [1.807, 2.05) is 0 Å². The molecule has 1 heterocycles. The van der Waals surface area contributed by atoms with Crippen molar-refractivity contribution < 1.29 is 0 Å². The van der Waals surface area contributed by atoms with Crippen LogP contribution >= 0.6 is 0 Å². The third-order valence-electron chi connectivity index (χ3n) is 5.71. The first kappa shape index (κ1) is 14.3. The van der Waals surface area contributed by atoms with Gasteiger partial charge in [0.15, 0.2) is 0 Å². The Balaban J connectivity index is 2.14. The molecular formula is C16H32N2. The Morgan fingerprint density at radius 1 is 1.17 bits per heavy atom. The summed E-state index contributed by atoms with van der Waals surface area (Å²) in [6.45, 7) is 13.2. The molecule has 5 atom stereocenters.